The second-order valence-electron chi connectivity index (χ2n) is 6.78. The first-order valence-corrected chi connectivity index (χ1v) is 9.95. The number of anilines is 1. The number of piperidine rings is 1. The number of carbonyl (C=O) groups is 1. The van der Waals surface area contributed by atoms with E-state index in [9.17, 15) is 18.0 Å². The van der Waals surface area contributed by atoms with Crippen molar-refractivity contribution in [2.24, 2.45) is 0 Å². The van der Waals surface area contributed by atoms with Crippen LogP contribution in [-0.4, -0.2) is 41.4 Å². The monoisotopic (exact) mass is 409 g/mol. The van der Waals surface area contributed by atoms with Gasteiger partial charge < -0.3 is 9.80 Å². The van der Waals surface area contributed by atoms with Crippen LogP contribution in [-0.2, 0) is 6.54 Å². The van der Waals surface area contributed by atoms with Crippen LogP contribution < -0.4 is 4.90 Å². The van der Waals surface area contributed by atoms with E-state index in [0.29, 0.717) is 6.54 Å². The number of hydrogen-bond acceptors (Lipinski definition) is 4. The smallest absolute Gasteiger partial charge is 0.372 e. The standard InChI is InChI=1S/C20H22F3N3OS/c1-25(19(27)17-6-5-11-24-18(17)28-20(21,22)23)14-15-7-9-16(10-8-15)26-12-3-2-4-13-26/h5-11H,2-4,12-14H2,1H3. The van der Waals surface area contributed by atoms with Crippen LogP contribution in [0, 0.1) is 0 Å². The molecule has 0 atom stereocenters. The highest BCUT2D eigenvalue weighted by atomic mass is 32.2. The van der Waals surface area contributed by atoms with E-state index in [1.807, 2.05) is 24.3 Å². The highest BCUT2D eigenvalue weighted by Crippen LogP contribution is 2.37. The van der Waals surface area contributed by atoms with Gasteiger partial charge in [-0.2, -0.15) is 13.2 Å². The van der Waals surface area contributed by atoms with E-state index in [1.54, 1.807) is 7.05 Å². The molecule has 0 bridgehead atoms. The molecule has 0 radical (unpaired) electrons. The predicted molar refractivity (Wildman–Crippen MR) is 104 cm³/mol. The molecule has 1 aliphatic heterocycles. The number of carbonyl (C=O) groups excluding carboxylic acids is 1. The summed E-state index contributed by atoms with van der Waals surface area (Å²) in [5.74, 6) is -0.486. The average Bonchev–Trinajstić information content (AvgIpc) is 2.68. The molecule has 0 N–H and O–H groups in total. The Morgan fingerprint density at radius 3 is 2.46 bits per heavy atom. The van der Waals surface area contributed by atoms with Crippen molar-refractivity contribution in [3.05, 3.63) is 53.7 Å². The summed E-state index contributed by atoms with van der Waals surface area (Å²) >= 11 is -0.367. The first-order chi connectivity index (χ1) is 13.3. The average molecular weight is 409 g/mol. The van der Waals surface area contributed by atoms with Crippen molar-refractivity contribution in [1.29, 1.82) is 0 Å². The molecule has 2 heterocycles. The van der Waals surface area contributed by atoms with E-state index in [0.717, 1.165) is 24.3 Å². The van der Waals surface area contributed by atoms with Crippen LogP contribution in [0.4, 0.5) is 18.9 Å². The number of pyridine rings is 1. The van der Waals surface area contributed by atoms with Crippen molar-refractivity contribution in [2.75, 3.05) is 25.0 Å². The Morgan fingerprint density at radius 1 is 1.14 bits per heavy atom. The van der Waals surface area contributed by atoms with E-state index in [-0.39, 0.29) is 22.4 Å². The van der Waals surface area contributed by atoms with Crippen LogP contribution in [0.15, 0.2) is 47.6 Å². The highest BCUT2D eigenvalue weighted by molar-refractivity contribution is 8.00. The van der Waals surface area contributed by atoms with Gasteiger partial charge in [0.15, 0.2) is 0 Å². The van der Waals surface area contributed by atoms with Gasteiger partial charge in [-0.1, -0.05) is 12.1 Å². The first-order valence-electron chi connectivity index (χ1n) is 9.13. The zero-order valence-corrected chi connectivity index (χ0v) is 16.4. The van der Waals surface area contributed by atoms with Crippen LogP contribution in [0.5, 0.6) is 0 Å². The SMILES string of the molecule is CN(Cc1ccc(N2CCCCC2)cc1)C(=O)c1cccnc1SC(F)(F)F. The molecular weight excluding hydrogens is 387 g/mol. The number of nitrogens with zero attached hydrogens (tertiary/aromatic N) is 3. The van der Waals surface area contributed by atoms with Gasteiger partial charge in [-0.15, -0.1) is 0 Å². The molecule has 0 spiro atoms. The van der Waals surface area contributed by atoms with Crippen molar-refractivity contribution >= 4 is 23.4 Å². The fourth-order valence-corrected chi connectivity index (χ4v) is 3.86. The summed E-state index contributed by atoms with van der Waals surface area (Å²) in [7, 11) is 1.58. The number of thioether (sulfide) groups is 1. The van der Waals surface area contributed by atoms with Gasteiger partial charge >= 0.3 is 5.51 Å². The van der Waals surface area contributed by atoms with Gasteiger partial charge in [0, 0.05) is 50.3 Å². The van der Waals surface area contributed by atoms with E-state index >= 15 is 0 Å². The van der Waals surface area contributed by atoms with E-state index < -0.39 is 11.4 Å². The number of aromatic nitrogens is 1. The molecule has 0 saturated carbocycles. The maximum atomic E-state index is 12.7. The molecule has 8 heteroatoms. The van der Waals surface area contributed by atoms with Gasteiger partial charge in [-0.3, -0.25) is 4.79 Å². The number of alkyl halides is 3. The Morgan fingerprint density at radius 2 is 1.82 bits per heavy atom. The lowest BCUT2D eigenvalue weighted by Crippen LogP contribution is -2.29. The Hall–Kier alpha value is -2.22. The summed E-state index contributed by atoms with van der Waals surface area (Å²) in [6, 6.07) is 10.8. The van der Waals surface area contributed by atoms with Gasteiger partial charge in [0.05, 0.1) is 5.56 Å². The molecule has 1 aromatic carbocycles. The van der Waals surface area contributed by atoms with Crippen LogP contribution in [0.3, 0.4) is 0 Å². The largest absolute Gasteiger partial charge is 0.447 e. The normalized spacial score (nSPS) is 14.8. The molecule has 1 amide bonds. The van der Waals surface area contributed by atoms with Crippen LogP contribution in [0.2, 0.25) is 0 Å². The van der Waals surface area contributed by atoms with E-state index in [1.165, 1.54) is 42.5 Å². The molecule has 2 aromatic rings. The number of hydrogen-bond donors (Lipinski definition) is 0. The second-order valence-corrected chi connectivity index (χ2v) is 7.83. The minimum absolute atomic E-state index is 0.0442. The van der Waals surface area contributed by atoms with Crippen molar-refractivity contribution in [2.45, 2.75) is 36.3 Å². The van der Waals surface area contributed by atoms with Crippen LogP contribution >= 0.6 is 11.8 Å². The van der Waals surface area contributed by atoms with E-state index in [2.05, 4.69) is 9.88 Å². The topological polar surface area (TPSA) is 36.4 Å². The fourth-order valence-electron chi connectivity index (χ4n) is 3.26. The molecule has 4 nitrogen and oxygen atoms in total. The Kier molecular flexibility index (Phi) is 6.49. The van der Waals surface area contributed by atoms with Crippen LogP contribution in [0.1, 0.15) is 35.2 Å². The quantitative estimate of drug-likeness (QED) is 0.655. The summed E-state index contributed by atoms with van der Waals surface area (Å²) in [6.45, 7) is 2.42. The summed E-state index contributed by atoms with van der Waals surface area (Å²) in [4.78, 5) is 20.2. The fraction of sp³-hybridized carbons (Fsp3) is 0.400. The number of rotatable bonds is 5. The van der Waals surface area contributed by atoms with Crippen molar-refractivity contribution in [1.82, 2.24) is 9.88 Å². The molecule has 1 aromatic heterocycles. The van der Waals surface area contributed by atoms with Crippen molar-refractivity contribution in [3.63, 3.8) is 0 Å². The maximum absolute atomic E-state index is 12.7. The number of halogens is 3. The zero-order valence-electron chi connectivity index (χ0n) is 15.6. The third kappa shape index (κ3) is 5.41. The lowest BCUT2D eigenvalue weighted by Gasteiger charge is -2.29. The molecule has 28 heavy (non-hydrogen) atoms. The third-order valence-corrected chi connectivity index (χ3v) is 5.39. The molecule has 150 valence electrons. The lowest BCUT2D eigenvalue weighted by atomic mass is 10.1. The minimum atomic E-state index is -4.49. The molecule has 1 saturated heterocycles. The maximum Gasteiger partial charge on any atom is 0.447 e. The number of amides is 1. The minimum Gasteiger partial charge on any atom is -0.372 e. The second kappa shape index (κ2) is 8.86. The molecule has 3 rings (SSSR count). The highest BCUT2D eigenvalue weighted by Gasteiger charge is 2.32. The van der Waals surface area contributed by atoms with Gasteiger partial charge in [0.25, 0.3) is 5.91 Å². The summed E-state index contributed by atoms with van der Waals surface area (Å²) in [6.07, 6.45) is 4.92. The van der Waals surface area contributed by atoms with Gasteiger partial charge in [0.2, 0.25) is 0 Å². The molecule has 1 fully saturated rings. The summed E-state index contributed by atoms with van der Waals surface area (Å²) < 4.78 is 38.2. The molecule has 0 aliphatic carbocycles. The summed E-state index contributed by atoms with van der Waals surface area (Å²) in [5, 5.41) is -0.327. The Balaban J connectivity index is 1.67. The van der Waals surface area contributed by atoms with Crippen molar-refractivity contribution < 1.29 is 18.0 Å². The Labute approximate surface area is 166 Å². The van der Waals surface area contributed by atoms with Gasteiger partial charge in [-0.05, 0) is 49.1 Å². The molecular formula is C20H22F3N3OS. The van der Waals surface area contributed by atoms with Crippen LogP contribution in [0.25, 0.3) is 0 Å². The van der Waals surface area contributed by atoms with Gasteiger partial charge in [-0.25, -0.2) is 4.98 Å². The molecule has 0 unspecified atom stereocenters. The lowest BCUT2D eigenvalue weighted by molar-refractivity contribution is -0.0329. The van der Waals surface area contributed by atoms with Crippen molar-refractivity contribution in [3.8, 4) is 0 Å². The van der Waals surface area contributed by atoms with Gasteiger partial charge in [0.1, 0.15) is 5.03 Å². The Bertz CT molecular complexity index is 805. The third-order valence-electron chi connectivity index (χ3n) is 4.64. The predicted octanol–water partition coefficient (Wildman–Crippen LogP) is 4.96. The first kappa shape index (κ1) is 20.5. The zero-order chi connectivity index (χ0) is 20.1. The molecule has 1 aliphatic rings. The van der Waals surface area contributed by atoms with E-state index in [4.69, 9.17) is 0 Å². The summed E-state index contributed by atoms with van der Waals surface area (Å²) in [5.41, 5.74) is -2.46. The number of benzene rings is 1.